The van der Waals surface area contributed by atoms with Crippen molar-refractivity contribution in [2.45, 2.75) is 13.0 Å². The molecule has 2 nitrogen and oxygen atoms in total. The lowest BCUT2D eigenvalue weighted by molar-refractivity contribution is 0.334. The van der Waals surface area contributed by atoms with Gasteiger partial charge >= 0.3 is 0 Å². The molecule has 0 radical (unpaired) electrons. The first kappa shape index (κ1) is 13.8. The summed E-state index contributed by atoms with van der Waals surface area (Å²) in [4.78, 5) is 0. The number of rotatable bonds is 5. The SMILES string of the molecule is CCOc1ccccc1C(NC)c1csc(I)c1. The molecule has 0 spiro atoms. The Morgan fingerprint density at radius 2 is 2.17 bits per heavy atom. The van der Waals surface area contributed by atoms with Crippen molar-refractivity contribution in [3.8, 4) is 5.75 Å². The standard InChI is InChI=1S/C14H16INOS/c1-3-17-12-7-5-4-6-11(12)14(16-2)10-8-13(15)18-9-10/h4-9,14,16H,3H2,1-2H3. The highest BCUT2D eigenvalue weighted by atomic mass is 127. The number of halogens is 1. The highest BCUT2D eigenvalue weighted by Gasteiger charge is 2.17. The lowest BCUT2D eigenvalue weighted by atomic mass is 10.0. The van der Waals surface area contributed by atoms with Crippen LogP contribution >= 0.6 is 33.9 Å². The van der Waals surface area contributed by atoms with Crippen molar-refractivity contribution in [3.63, 3.8) is 0 Å². The van der Waals surface area contributed by atoms with Gasteiger partial charge < -0.3 is 10.1 Å². The molecule has 0 amide bonds. The Balaban J connectivity index is 2.38. The number of hydrogen-bond donors (Lipinski definition) is 1. The van der Waals surface area contributed by atoms with E-state index in [1.807, 2.05) is 26.1 Å². The second kappa shape index (κ2) is 6.54. The topological polar surface area (TPSA) is 21.3 Å². The second-order valence-electron chi connectivity index (χ2n) is 3.88. The van der Waals surface area contributed by atoms with Crippen molar-refractivity contribution >= 4 is 33.9 Å². The molecule has 18 heavy (non-hydrogen) atoms. The van der Waals surface area contributed by atoms with Crippen molar-refractivity contribution in [1.29, 1.82) is 0 Å². The Bertz CT molecular complexity index is 512. The van der Waals surface area contributed by atoms with Crippen LogP contribution in [0.2, 0.25) is 0 Å². The maximum absolute atomic E-state index is 5.71. The van der Waals surface area contributed by atoms with E-state index in [9.17, 15) is 0 Å². The number of ether oxygens (including phenoxy) is 1. The van der Waals surface area contributed by atoms with Crippen molar-refractivity contribution in [1.82, 2.24) is 5.32 Å². The fourth-order valence-electron chi connectivity index (χ4n) is 1.98. The molecular formula is C14H16INOS. The van der Waals surface area contributed by atoms with Crippen LogP contribution in [0.1, 0.15) is 24.1 Å². The predicted octanol–water partition coefficient (Wildman–Crippen LogP) is 4.06. The smallest absolute Gasteiger partial charge is 0.124 e. The third kappa shape index (κ3) is 3.05. The van der Waals surface area contributed by atoms with E-state index < -0.39 is 0 Å². The summed E-state index contributed by atoms with van der Waals surface area (Å²) in [6.45, 7) is 2.70. The fraction of sp³-hybridized carbons (Fsp3) is 0.286. The van der Waals surface area contributed by atoms with Crippen LogP contribution < -0.4 is 10.1 Å². The van der Waals surface area contributed by atoms with Crippen LogP contribution in [0.25, 0.3) is 0 Å². The molecule has 0 aliphatic rings. The average Bonchev–Trinajstić information content (AvgIpc) is 2.79. The first-order chi connectivity index (χ1) is 8.76. The van der Waals surface area contributed by atoms with E-state index in [0.29, 0.717) is 6.61 Å². The van der Waals surface area contributed by atoms with Gasteiger partial charge in [0, 0.05) is 5.56 Å². The van der Waals surface area contributed by atoms with E-state index in [1.165, 1.54) is 14.0 Å². The molecule has 0 saturated heterocycles. The van der Waals surface area contributed by atoms with E-state index in [2.05, 4.69) is 51.5 Å². The van der Waals surface area contributed by atoms with Crippen molar-refractivity contribution in [2.24, 2.45) is 0 Å². The van der Waals surface area contributed by atoms with Gasteiger partial charge in [0.2, 0.25) is 0 Å². The molecule has 0 aliphatic carbocycles. The van der Waals surface area contributed by atoms with Crippen molar-refractivity contribution in [2.75, 3.05) is 13.7 Å². The summed E-state index contributed by atoms with van der Waals surface area (Å²) in [6, 6.07) is 10.6. The number of para-hydroxylation sites is 1. The van der Waals surface area contributed by atoms with E-state index in [0.717, 1.165) is 5.75 Å². The molecular weight excluding hydrogens is 357 g/mol. The first-order valence-corrected chi connectivity index (χ1v) is 7.85. The molecule has 1 heterocycles. The second-order valence-corrected chi connectivity index (χ2v) is 6.68. The number of nitrogens with one attached hydrogen (secondary N) is 1. The summed E-state index contributed by atoms with van der Waals surface area (Å²) in [6.07, 6.45) is 0. The van der Waals surface area contributed by atoms with Gasteiger partial charge in [0.15, 0.2) is 0 Å². The Labute approximate surface area is 126 Å². The predicted molar refractivity (Wildman–Crippen MR) is 85.5 cm³/mol. The van der Waals surface area contributed by atoms with Gasteiger partial charge in [-0.1, -0.05) is 18.2 Å². The zero-order valence-electron chi connectivity index (χ0n) is 10.4. The zero-order chi connectivity index (χ0) is 13.0. The third-order valence-corrected chi connectivity index (χ3v) is 4.55. The highest BCUT2D eigenvalue weighted by Crippen LogP contribution is 2.32. The van der Waals surface area contributed by atoms with E-state index in [-0.39, 0.29) is 6.04 Å². The Kier molecular flexibility index (Phi) is 5.03. The van der Waals surface area contributed by atoms with Crippen LogP contribution in [0.5, 0.6) is 5.75 Å². The summed E-state index contributed by atoms with van der Waals surface area (Å²) in [5.41, 5.74) is 2.48. The minimum absolute atomic E-state index is 0.188. The number of thiophene rings is 1. The van der Waals surface area contributed by atoms with Crippen LogP contribution in [-0.2, 0) is 0 Å². The number of benzene rings is 1. The molecule has 2 aromatic rings. The minimum atomic E-state index is 0.188. The molecule has 0 saturated carbocycles. The number of hydrogen-bond acceptors (Lipinski definition) is 3. The van der Waals surface area contributed by atoms with Crippen molar-refractivity contribution in [3.05, 3.63) is 49.7 Å². The van der Waals surface area contributed by atoms with Gasteiger partial charge in [-0.15, -0.1) is 11.3 Å². The first-order valence-electron chi connectivity index (χ1n) is 5.89. The van der Waals surface area contributed by atoms with Gasteiger partial charge in [0.25, 0.3) is 0 Å². The maximum Gasteiger partial charge on any atom is 0.124 e. The third-order valence-electron chi connectivity index (χ3n) is 2.74. The summed E-state index contributed by atoms with van der Waals surface area (Å²) < 4.78 is 7.01. The zero-order valence-corrected chi connectivity index (χ0v) is 13.4. The fourth-order valence-corrected chi connectivity index (χ4v) is 3.38. The van der Waals surface area contributed by atoms with E-state index in [4.69, 9.17) is 4.74 Å². The minimum Gasteiger partial charge on any atom is -0.494 e. The lowest BCUT2D eigenvalue weighted by Crippen LogP contribution is -2.18. The highest BCUT2D eigenvalue weighted by molar-refractivity contribution is 14.1. The van der Waals surface area contributed by atoms with Crippen LogP contribution in [0.4, 0.5) is 0 Å². The molecule has 1 aromatic heterocycles. The van der Waals surface area contributed by atoms with Gasteiger partial charge in [-0.05, 0) is 59.6 Å². The van der Waals surface area contributed by atoms with Gasteiger partial charge in [-0.3, -0.25) is 0 Å². The molecule has 0 fully saturated rings. The largest absolute Gasteiger partial charge is 0.494 e. The molecule has 1 atom stereocenters. The van der Waals surface area contributed by atoms with Crippen molar-refractivity contribution < 1.29 is 4.74 Å². The van der Waals surface area contributed by atoms with Crippen LogP contribution in [0.3, 0.4) is 0 Å². The molecule has 1 N–H and O–H groups in total. The molecule has 0 aliphatic heterocycles. The molecule has 1 aromatic carbocycles. The van der Waals surface area contributed by atoms with Crippen LogP contribution in [0.15, 0.2) is 35.7 Å². The molecule has 2 rings (SSSR count). The summed E-state index contributed by atoms with van der Waals surface area (Å²) in [7, 11) is 1.98. The normalized spacial score (nSPS) is 12.4. The van der Waals surface area contributed by atoms with E-state index in [1.54, 1.807) is 11.3 Å². The Morgan fingerprint density at radius 1 is 1.39 bits per heavy atom. The monoisotopic (exact) mass is 373 g/mol. The Morgan fingerprint density at radius 3 is 2.78 bits per heavy atom. The quantitative estimate of drug-likeness (QED) is 0.799. The van der Waals surface area contributed by atoms with Crippen LogP contribution in [0, 0.1) is 2.88 Å². The van der Waals surface area contributed by atoms with Gasteiger partial charge in [-0.25, -0.2) is 0 Å². The summed E-state index contributed by atoms with van der Waals surface area (Å²) >= 11 is 4.12. The van der Waals surface area contributed by atoms with Crippen LogP contribution in [-0.4, -0.2) is 13.7 Å². The van der Waals surface area contributed by atoms with E-state index >= 15 is 0 Å². The molecule has 4 heteroatoms. The molecule has 1 unspecified atom stereocenters. The average molecular weight is 373 g/mol. The Hall–Kier alpha value is -0.590. The lowest BCUT2D eigenvalue weighted by Gasteiger charge is -2.19. The molecule has 0 bridgehead atoms. The summed E-state index contributed by atoms with van der Waals surface area (Å²) in [5.74, 6) is 0.959. The van der Waals surface area contributed by atoms with Gasteiger partial charge in [-0.2, -0.15) is 0 Å². The molecule has 96 valence electrons. The summed E-state index contributed by atoms with van der Waals surface area (Å²) in [5, 5.41) is 5.57. The maximum atomic E-state index is 5.71. The van der Waals surface area contributed by atoms with Gasteiger partial charge in [0.1, 0.15) is 5.75 Å². The van der Waals surface area contributed by atoms with Gasteiger partial charge in [0.05, 0.1) is 15.5 Å².